The van der Waals surface area contributed by atoms with E-state index >= 15 is 0 Å². The molecule has 0 unspecified atom stereocenters. The van der Waals surface area contributed by atoms with Gasteiger partial charge in [0.1, 0.15) is 6.26 Å². The van der Waals surface area contributed by atoms with Crippen LogP contribution < -0.4 is 5.48 Å². The Kier molecular flexibility index (Phi) is 4.51. The first-order chi connectivity index (χ1) is 6.84. The largest absolute Gasteiger partial charge is 0.417 e. The fourth-order valence-corrected chi connectivity index (χ4v) is 1.09. The number of rotatable bonds is 4. The van der Waals surface area contributed by atoms with Gasteiger partial charge in [-0.1, -0.05) is 36.4 Å². The lowest BCUT2D eigenvalue weighted by Crippen LogP contribution is -1.99. The van der Waals surface area contributed by atoms with Crippen molar-refractivity contribution in [3.05, 3.63) is 53.8 Å². The van der Waals surface area contributed by atoms with E-state index in [2.05, 4.69) is 24.5 Å². The predicted molar refractivity (Wildman–Crippen MR) is 59.5 cm³/mol. The summed E-state index contributed by atoms with van der Waals surface area (Å²) in [5.41, 5.74) is 5.05. The van der Waals surface area contributed by atoms with E-state index in [-0.39, 0.29) is 0 Å². The smallest absolute Gasteiger partial charge is 0.111 e. The molecule has 0 saturated heterocycles. The number of aryl methyl sites for hydroxylation is 1. The average molecular weight is 189 g/mol. The summed E-state index contributed by atoms with van der Waals surface area (Å²) in [6.07, 6.45) is 7.42. The standard InChI is InChI=1S/C12H15NO/c1-11-7-3-4-8-12(11)9-5-6-10-14-13-2/h3-10,13H,1-2H3/b9-5+,10-6-. The van der Waals surface area contributed by atoms with Crippen LogP contribution in [-0.4, -0.2) is 7.05 Å². The van der Waals surface area contributed by atoms with Gasteiger partial charge in [-0.15, -0.1) is 0 Å². The minimum absolute atomic E-state index is 1.22. The molecule has 0 aliphatic carbocycles. The first kappa shape index (κ1) is 10.5. The van der Waals surface area contributed by atoms with Crippen LogP contribution in [0.3, 0.4) is 0 Å². The molecule has 0 spiro atoms. The first-order valence-corrected chi connectivity index (χ1v) is 4.56. The monoisotopic (exact) mass is 189 g/mol. The highest BCUT2D eigenvalue weighted by Crippen LogP contribution is 2.08. The molecule has 1 rings (SSSR count). The molecule has 1 N–H and O–H groups in total. The van der Waals surface area contributed by atoms with Crippen LogP contribution in [0.1, 0.15) is 11.1 Å². The highest BCUT2D eigenvalue weighted by atomic mass is 16.6. The SMILES string of the molecule is CNO/C=C\C=C\c1ccccc1C. The van der Waals surface area contributed by atoms with Gasteiger partial charge in [0.25, 0.3) is 0 Å². The predicted octanol–water partition coefficient (Wildman–Crippen LogP) is 2.67. The van der Waals surface area contributed by atoms with Gasteiger partial charge < -0.3 is 4.84 Å². The van der Waals surface area contributed by atoms with Crippen molar-refractivity contribution in [1.82, 2.24) is 5.48 Å². The number of nitrogens with one attached hydrogen (secondary N) is 1. The zero-order valence-corrected chi connectivity index (χ0v) is 8.53. The van der Waals surface area contributed by atoms with E-state index in [4.69, 9.17) is 4.84 Å². The van der Waals surface area contributed by atoms with Crippen molar-refractivity contribution in [2.24, 2.45) is 0 Å². The summed E-state index contributed by atoms with van der Waals surface area (Å²) in [7, 11) is 1.72. The second kappa shape index (κ2) is 6.00. The summed E-state index contributed by atoms with van der Waals surface area (Å²) < 4.78 is 0. The third-order valence-corrected chi connectivity index (χ3v) is 1.84. The minimum Gasteiger partial charge on any atom is -0.417 e. The molecule has 74 valence electrons. The topological polar surface area (TPSA) is 21.3 Å². The van der Waals surface area contributed by atoms with Crippen LogP contribution in [0.5, 0.6) is 0 Å². The first-order valence-electron chi connectivity index (χ1n) is 4.56. The van der Waals surface area contributed by atoms with E-state index in [0.717, 1.165) is 0 Å². The Morgan fingerprint density at radius 1 is 1.21 bits per heavy atom. The number of hydrogen-bond acceptors (Lipinski definition) is 2. The van der Waals surface area contributed by atoms with Gasteiger partial charge in [-0.25, -0.2) is 0 Å². The molecule has 0 bridgehead atoms. The van der Waals surface area contributed by atoms with Crippen LogP contribution in [0.15, 0.2) is 42.7 Å². The molecule has 0 aromatic heterocycles. The van der Waals surface area contributed by atoms with Gasteiger partial charge >= 0.3 is 0 Å². The second-order valence-corrected chi connectivity index (χ2v) is 2.87. The fourth-order valence-electron chi connectivity index (χ4n) is 1.09. The van der Waals surface area contributed by atoms with E-state index < -0.39 is 0 Å². The molecule has 2 heteroatoms. The molecule has 0 amide bonds. The molecule has 14 heavy (non-hydrogen) atoms. The molecule has 0 saturated carbocycles. The summed E-state index contributed by atoms with van der Waals surface area (Å²) >= 11 is 0. The fraction of sp³-hybridized carbons (Fsp3) is 0.167. The molecule has 0 aliphatic heterocycles. The lowest BCUT2D eigenvalue weighted by atomic mass is 10.1. The van der Waals surface area contributed by atoms with E-state index in [0.29, 0.717) is 0 Å². The van der Waals surface area contributed by atoms with Crippen molar-refractivity contribution in [2.75, 3.05) is 7.05 Å². The Labute approximate surface area is 84.9 Å². The lowest BCUT2D eigenvalue weighted by Gasteiger charge is -1.96. The van der Waals surface area contributed by atoms with Crippen LogP contribution in [0.2, 0.25) is 0 Å². The summed E-state index contributed by atoms with van der Waals surface area (Å²) in [6.45, 7) is 2.09. The molecule has 2 nitrogen and oxygen atoms in total. The number of hydrogen-bond donors (Lipinski definition) is 1. The second-order valence-electron chi connectivity index (χ2n) is 2.87. The Bertz CT molecular complexity index is 329. The van der Waals surface area contributed by atoms with Gasteiger partial charge in [-0.3, -0.25) is 0 Å². The van der Waals surface area contributed by atoms with Crippen molar-refractivity contribution in [3.63, 3.8) is 0 Å². The van der Waals surface area contributed by atoms with Crippen LogP contribution in [0.4, 0.5) is 0 Å². The minimum atomic E-state index is 1.22. The van der Waals surface area contributed by atoms with Gasteiger partial charge in [0.15, 0.2) is 0 Å². The molecule has 1 aromatic carbocycles. The van der Waals surface area contributed by atoms with Gasteiger partial charge in [0.05, 0.1) is 0 Å². The molecule has 0 heterocycles. The quantitative estimate of drug-likeness (QED) is 0.446. The van der Waals surface area contributed by atoms with Gasteiger partial charge in [-0.05, 0) is 24.1 Å². The van der Waals surface area contributed by atoms with Crippen LogP contribution >= 0.6 is 0 Å². The molecule has 0 radical (unpaired) electrons. The van der Waals surface area contributed by atoms with Crippen molar-refractivity contribution in [2.45, 2.75) is 6.92 Å². The maximum atomic E-state index is 4.82. The third kappa shape index (κ3) is 3.46. The van der Waals surface area contributed by atoms with Gasteiger partial charge in [0, 0.05) is 7.05 Å². The number of allylic oxidation sites excluding steroid dienone is 2. The van der Waals surface area contributed by atoms with E-state index in [1.165, 1.54) is 11.1 Å². The maximum absolute atomic E-state index is 4.82. The number of hydroxylamine groups is 1. The van der Waals surface area contributed by atoms with E-state index in [1.54, 1.807) is 13.3 Å². The van der Waals surface area contributed by atoms with Crippen molar-refractivity contribution < 1.29 is 4.84 Å². The Morgan fingerprint density at radius 2 is 2.00 bits per heavy atom. The normalized spacial score (nSPS) is 11.3. The summed E-state index contributed by atoms with van der Waals surface area (Å²) in [4.78, 5) is 4.82. The highest BCUT2D eigenvalue weighted by Gasteiger charge is 1.88. The number of benzene rings is 1. The van der Waals surface area contributed by atoms with Crippen LogP contribution in [0.25, 0.3) is 6.08 Å². The van der Waals surface area contributed by atoms with Gasteiger partial charge in [0.2, 0.25) is 0 Å². The molecular formula is C12H15NO. The summed E-state index contributed by atoms with van der Waals surface area (Å²) in [6, 6.07) is 8.24. The average Bonchev–Trinajstić information content (AvgIpc) is 2.20. The zero-order chi connectivity index (χ0) is 10.2. The molecule has 0 aliphatic rings. The van der Waals surface area contributed by atoms with Crippen molar-refractivity contribution in [3.8, 4) is 0 Å². The molecule has 0 fully saturated rings. The van der Waals surface area contributed by atoms with E-state index in [1.807, 2.05) is 30.4 Å². The van der Waals surface area contributed by atoms with Crippen LogP contribution in [0, 0.1) is 6.92 Å². The summed E-state index contributed by atoms with van der Waals surface area (Å²) in [5.74, 6) is 0. The molecule has 1 aromatic rings. The van der Waals surface area contributed by atoms with Crippen LogP contribution in [-0.2, 0) is 4.84 Å². The highest BCUT2D eigenvalue weighted by molar-refractivity contribution is 5.54. The maximum Gasteiger partial charge on any atom is 0.111 e. The van der Waals surface area contributed by atoms with E-state index in [9.17, 15) is 0 Å². The molecular weight excluding hydrogens is 174 g/mol. The Balaban J connectivity index is 2.56. The van der Waals surface area contributed by atoms with Crippen molar-refractivity contribution >= 4 is 6.08 Å². The zero-order valence-electron chi connectivity index (χ0n) is 8.53. The lowest BCUT2D eigenvalue weighted by molar-refractivity contribution is 0.158. The van der Waals surface area contributed by atoms with Crippen molar-refractivity contribution in [1.29, 1.82) is 0 Å². The third-order valence-electron chi connectivity index (χ3n) is 1.84. The Hall–Kier alpha value is -1.54. The van der Waals surface area contributed by atoms with Gasteiger partial charge in [-0.2, -0.15) is 5.48 Å². The molecule has 0 atom stereocenters. The Morgan fingerprint density at radius 3 is 2.71 bits per heavy atom. The summed E-state index contributed by atoms with van der Waals surface area (Å²) in [5, 5.41) is 0.